The average molecular weight is 259 g/mol. The molecule has 0 aliphatic heterocycles. The van der Waals surface area contributed by atoms with E-state index >= 15 is 0 Å². The molecule has 1 saturated carbocycles. The van der Waals surface area contributed by atoms with Crippen molar-refractivity contribution < 1.29 is 18.3 Å². The van der Waals surface area contributed by atoms with Crippen molar-refractivity contribution in [2.75, 3.05) is 0 Å². The number of hydrogen-bond acceptors (Lipinski definition) is 4. The Kier molecular flexibility index (Phi) is 2.92. The van der Waals surface area contributed by atoms with Gasteiger partial charge in [0.2, 0.25) is 10.0 Å². The van der Waals surface area contributed by atoms with Crippen LogP contribution in [0.1, 0.15) is 25.7 Å². The fourth-order valence-corrected chi connectivity index (χ4v) is 3.30. The van der Waals surface area contributed by atoms with Crippen molar-refractivity contribution in [2.45, 2.75) is 36.1 Å². The predicted octanol–water partition coefficient (Wildman–Crippen LogP) is 0.0854. The van der Waals surface area contributed by atoms with Gasteiger partial charge in [0.15, 0.2) is 0 Å². The zero-order chi connectivity index (χ0) is 12.5. The summed E-state index contributed by atoms with van der Waals surface area (Å²) in [6, 6.07) is 0. The van der Waals surface area contributed by atoms with Gasteiger partial charge in [0.25, 0.3) is 0 Å². The smallest absolute Gasteiger partial charge is 0.305 e. The number of sulfonamides is 1. The molecular formula is C9H13N3O4S. The summed E-state index contributed by atoms with van der Waals surface area (Å²) in [4.78, 5) is 10.7. The molecule has 1 aliphatic rings. The molecule has 17 heavy (non-hydrogen) atoms. The molecule has 2 rings (SSSR count). The summed E-state index contributed by atoms with van der Waals surface area (Å²) < 4.78 is 26.3. The van der Waals surface area contributed by atoms with Crippen molar-refractivity contribution in [3.05, 3.63) is 12.4 Å². The third kappa shape index (κ3) is 2.47. The van der Waals surface area contributed by atoms with Gasteiger partial charge in [-0.25, -0.2) is 13.1 Å². The van der Waals surface area contributed by atoms with Crippen LogP contribution < -0.4 is 4.72 Å². The van der Waals surface area contributed by atoms with E-state index in [4.69, 9.17) is 5.11 Å². The highest BCUT2D eigenvalue weighted by molar-refractivity contribution is 7.89. The van der Waals surface area contributed by atoms with Crippen LogP contribution in [0.5, 0.6) is 0 Å². The summed E-state index contributed by atoms with van der Waals surface area (Å²) in [5.74, 6) is -1.00. The molecule has 0 amide bonds. The Bertz CT molecular complexity index is 504. The van der Waals surface area contributed by atoms with E-state index in [1.807, 2.05) is 0 Å². The SMILES string of the molecule is O=C(O)CC1(NS(=O)(=O)c2cn[nH]c2)CCC1. The molecular weight excluding hydrogens is 246 g/mol. The van der Waals surface area contributed by atoms with Crippen LogP contribution in [-0.2, 0) is 14.8 Å². The first-order chi connectivity index (χ1) is 7.94. The molecule has 3 N–H and O–H groups in total. The van der Waals surface area contributed by atoms with Crippen LogP contribution in [0.15, 0.2) is 17.3 Å². The first kappa shape index (κ1) is 12.1. The minimum Gasteiger partial charge on any atom is -0.481 e. The maximum atomic E-state index is 11.9. The molecule has 0 bridgehead atoms. The Morgan fingerprint density at radius 3 is 2.71 bits per heavy atom. The highest BCUT2D eigenvalue weighted by Crippen LogP contribution is 2.36. The topological polar surface area (TPSA) is 112 Å². The molecule has 1 aromatic heterocycles. The predicted molar refractivity (Wildman–Crippen MR) is 57.7 cm³/mol. The Balaban J connectivity index is 2.17. The number of H-pyrrole nitrogens is 1. The second kappa shape index (κ2) is 4.11. The van der Waals surface area contributed by atoms with Crippen LogP contribution >= 0.6 is 0 Å². The number of rotatable bonds is 5. The Hall–Kier alpha value is -1.41. The molecule has 0 aromatic carbocycles. The Morgan fingerprint density at radius 2 is 2.29 bits per heavy atom. The van der Waals surface area contributed by atoms with Crippen LogP contribution in [0.4, 0.5) is 0 Å². The number of hydrogen-bond donors (Lipinski definition) is 3. The summed E-state index contributed by atoms with van der Waals surface area (Å²) >= 11 is 0. The van der Waals surface area contributed by atoms with Gasteiger partial charge in [-0.2, -0.15) is 5.10 Å². The van der Waals surface area contributed by atoms with Gasteiger partial charge in [0, 0.05) is 11.7 Å². The number of aliphatic carboxylic acids is 1. The van der Waals surface area contributed by atoms with Crippen LogP contribution in [0.2, 0.25) is 0 Å². The van der Waals surface area contributed by atoms with E-state index in [1.54, 1.807) is 0 Å². The molecule has 0 atom stereocenters. The second-order valence-corrected chi connectivity index (χ2v) is 5.93. The summed E-state index contributed by atoms with van der Waals surface area (Å²) in [5.41, 5.74) is -0.831. The van der Waals surface area contributed by atoms with Crippen molar-refractivity contribution in [2.24, 2.45) is 0 Å². The molecule has 1 aliphatic carbocycles. The first-order valence-electron chi connectivity index (χ1n) is 5.18. The van der Waals surface area contributed by atoms with Gasteiger partial charge in [0.05, 0.1) is 12.6 Å². The first-order valence-corrected chi connectivity index (χ1v) is 6.66. The van der Waals surface area contributed by atoms with Crippen LogP contribution in [0, 0.1) is 0 Å². The summed E-state index contributed by atoms with van der Waals surface area (Å²) in [7, 11) is -3.69. The maximum Gasteiger partial charge on any atom is 0.305 e. The average Bonchev–Trinajstić information content (AvgIpc) is 2.66. The molecule has 1 aromatic rings. The number of nitrogens with one attached hydrogen (secondary N) is 2. The quantitative estimate of drug-likeness (QED) is 0.693. The third-order valence-corrected chi connectivity index (χ3v) is 4.48. The zero-order valence-corrected chi connectivity index (χ0v) is 9.83. The third-order valence-electron chi connectivity index (χ3n) is 2.93. The van der Waals surface area contributed by atoms with Crippen molar-refractivity contribution in [3.8, 4) is 0 Å². The molecule has 0 spiro atoms. The fourth-order valence-electron chi connectivity index (χ4n) is 1.94. The minimum atomic E-state index is -3.69. The second-order valence-electron chi connectivity index (χ2n) is 4.24. The molecule has 8 heteroatoms. The van der Waals surface area contributed by atoms with Crippen LogP contribution in [0.3, 0.4) is 0 Å². The van der Waals surface area contributed by atoms with Crippen molar-refractivity contribution >= 4 is 16.0 Å². The zero-order valence-electron chi connectivity index (χ0n) is 9.01. The lowest BCUT2D eigenvalue weighted by molar-refractivity contribution is -0.139. The fraction of sp³-hybridized carbons (Fsp3) is 0.556. The van der Waals surface area contributed by atoms with E-state index in [1.165, 1.54) is 12.4 Å². The summed E-state index contributed by atoms with van der Waals surface area (Å²) in [5, 5.41) is 14.8. The van der Waals surface area contributed by atoms with E-state index in [-0.39, 0.29) is 11.3 Å². The standard InChI is InChI=1S/C9H13N3O4S/c13-8(14)4-9(2-1-3-9)12-17(15,16)7-5-10-11-6-7/h5-6,12H,1-4H2,(H,10,11)(H,13,14). The molecule has 7 nitrogen and oxygen atoms in total. The van der Waals surface area contributed by atoms with E-state index in [0.717, 1.165) is 6.42 Å². The van der Waals surface area contributed by atoms with E-state index < -0.39 is 21.5 Å². The monoisotopic (exact) mass is 259 g/mol. The molecule has 0 saturated heterocycles. The van der Waals surface area contributed by atoms with E-state index in [9.17, 15) is 13.2 Å². The van der Waals surface area contributed by atoms with E-state index in [0.29, 0.717) is 12.8 Å². The lowest BCUT2D eigenvalue weighted by Gasteiger charge is -2.40. The van der Waals surface area contributed by atoms with Crippen molar-refractivity contribution in [1.82, 2.24) is 14.9 Å². The molecule has 0 radical (unpaired) electrons. The Labute approximate surface area is 98.3 Å². The van der Waals surface area contributed by atoms with E-state index in [2.05, 4.69) is 14.9 Å². The number of nitrogens with zero attached hydrogens (tertiary/aromatic N) is 1. The van der Waals surface area contributed by atoms with Gasteiger partial charge < -0.3 is 5.11 Å². The van der Waals surface area contributed by atoms with Gasteiger partial charge in [0.1, 0.15) is 4.90 Å². The van der Waals surface area contributed by atoms with Crippen LogP contribution in [-0.4, -0.2) is 35.2 Å². The van der Waals surface area contributed by atoms with Gasteiger partial charge in [-0.05, 0) is 19.3 Å². The van der Waals surface area contributed by atoms with Gasteiger partial charge in [-0.3, -0.25) is 9.89 Å². The van der Waals surface area contributed by atoms with Gasteiger partial charge in [-0.1, -0.05) is 0 Å². The van der Waals surface area contributed by atoms with Gasteiger partial charge in [-0.15, -0.1) is 0 Å². The highest BCUT2D eigenvalue weighted by atomic mass is 32.2. The number of carboxylic acids is 1. The molecule has 94 valence electrons. The van der Waals surface area contributed by atoms with Crippen molar-refractivity contribution in [1.29, 1.82) is 0 Å². The maximum absolute atomic E-state index is 11.9. The minimum absolute atomic E-state index is 0.0224. The highest BCUT2D eigenvalue weighted by Gasteiger charge is 2.42. The van der Waals surface area contributed by atoms with Crippen molar-refractivity contribution in [3.63, 3.8) is 0 Å². The van der Waals surface area contributed by atoms with Crippen LogP contribution in [0.25, 0.3) is 0 Å². The Morgan fingerprint density at radius 1 is 1.59 bits per heavy atom. The number of carboxylic acid groups (broad SMARTS) is 1. The molecule has 0 unspecified atom stereocenters. The number of aromatic amines is 1. The summed E-state index contributed by atoms with van der Waals surface area (Å²) in [6.07, 6.45) is 4.20. The lowest BCUT2D eigenvalue weighted by atomic mass is 9.75. The molecule has 1 fully saturated rings. The lowest BCUT2D eigenvalue weighted by Crippen LogP contribution is -2.54. The normalized spacial score (nSPS) is 18.6. The molecule has 1 heterocycles. The number of carbonyl (C=O) groups is 1. The largest absolute Gasteiger partial charge is 0.481 e. The van der Waals surface area contributed by atoms with Gasteiger partial charge >= 0.3 is 5.97 Å². The number of aromatic nitrogens is 2. The summed E-state index contributed by atoms with van der Waals surface area (Å²) in [6.45, 7) is 0.